The summed E-state index contributed by atoms with van der Waals surface area (Å²) in [5, 5.41) is 2.93. The SMILES string of the molecule is CC(c1ccco1)N(C(=O)C1CCCN(C(=O)Nc2ccccc2)C1)C1CC1. The van der Waals surface area contributed by atoms with Crippen LogP contribution in [0, 0.1) is 5.92 Å². The number of amides is 3. The molecule has 1 N–H and O–H groups in total. The van der Waals surface area contributed by atoms with Crippen LogP contribution >= 0.6 is 0 Å². The number of carbonyl (C=O) groups is 2. The summed E-state index contributed by atoms with van der Waals surface area (Å²) < 4.78 is 5.55. The highest BCUT2D eigenvalue weighted by atomic mass is 16.3. The number of anilines is 1. The number of likely N-dealkylation sites (tertiary alicyclic amines) is 1. The highest BCUT2D eigenvalue weighted by Crippen LogP contribution is 2.36. The zero-order chi connectivity index (χ0) is 19.5. The highest BCUT2D eigenvalue weighted by Gasteiger charge is 2.41. The van der Waals surface area contributed by atoms with E-state index < -0.39 is 0 Å². The maximum Gasteiger partial charge on any atom is 0.321 e. The zero-order valence-corrected chi connectivity index (χ0v) is 16.2. The third-order valence-electron chi connectivity index (χ3n) is 5.65. The van der Waals surface area contributed by atoms with E-state index in [2.05, 4.69) is 5.32 Å². The number of nitrogens with one attached hydrogen (secondary N) is 1. The van der Waals surface area contributed by atoms with Crippen molar-refractivity contribution in [2.75, 3.05) is 18.4 Å². The van der Waals surface area contributed by atoms with Crippen LogP contribution in [0.4, 0.5) is 10.5 Å². The van der Waals surface area contributed by atoms with Gasteiger partial charge < -0.3 is 19.5 Å². The van der Waals surface area contributed by atoms with Crippen molar-refractivity contribution in [3.63, 3.8) is 0 Å². The lowest BCUT2D eigenvalue weighted by Crippen LogP contribution is -2.49. The third-order valence-corrected chi connectivity index (χ3v) is 5.65. The number of nitrogens with zero attached hydrogens (tertiary/aromatic N) is 2. The number of hydrogen-bond acceptors (Lipinski definition) is 3. The molecule has 2 aliphatic rings. The fourth-order valence-corrected chi connectivity index (χ4v) is 4.00. The Morgan fingerprint density at radius 2 is 1.93 bits per heavy atom. The van der Waals surface area contributed by atoms with E-state index in [0.29, 0.717) is 19.1 Å². The van der Waals surface area contributed by atoms with Gasteiger partial charge >= 0.3 is 6.03 Å². The summed E-state index contributed by atoms with van der Waals surface area (Å²) in [6.07, 6.45) is 5.40. The average molecular weight is 381 g/mol. The van der Waals surface area contributed by atoms with E-state index in [9.17, 15) is 9.59 Å². The topological polar surface area (TPSA) is 65.8 Å². The molecular weight excluding hydrogens is 354 g/mol. The van der Waals surface area contributed by atoms with E-state index in [1.165, 1.54) is 0 Å². The van der Waals surface area contributed by atoms with Gasteiger partial charge in [0.1, 0.15) is 5.76 Å². The first kappa shape index (κ1) is 18.6. The fourth-order valence-electron chi connectivity index (χ4n) is 4.00. The summed E-state index contributed by atoms with van der Waals surface area (Å²) >= 11 is 0. The van der Waals surface area contributed by atoms with E-state index in [-0.39, 0.29) is 23.9 Å². The molecule has 3 amide bonds. The predicted molar refractivity (Wildman–Crippen MR) is 107 cm³/mol. The van der Waals surface area contributed by atoms with Crippen LogP contribution in [0.15, 0.2) is 53.1 Å². The van der Waals surface area contributed by atoms with E-state index in [4.69, 9.17) is 4.42 Å². The summed E-state index contributed by atoms with van der Waals surface area (Å²) in [7, 11) is 0. The quantitative estimate of drug-likeness (QED) is 0.841. The number of piperidine rings is 1. The molecule has 0 spiro atoms. The fraction of sp³-hybridized carbons (Fsp3) is 0.455. The minimum Gasteiger partial charge on any atom is -0.467 e. The third kappa shape index (κ3) is 4.06. The molecule has 2 heterocycles. The molecule has 0 radical (unpaired) electrons. The van der Waals surface area contributed by atoms with Crippen molar-refractivity contribution in [1.29, 1.82) is 0 Å². The molecule has 0 bridgehead atoms. The van der Waals surface area contributed by atoms with Gasteiger partial charge in [0.15, 0.2) is 0 Å². The first-order valence-corrected chi connectivity index (χ1v) is 10.1. The molecule has 28 heavy (non-hydrogen) atoms. The molecule has 1 aromatic heterocycles. The van der Waals surface area contributed by atoms with Gasteiger partial charge in [-0.15, -0.1) is 0 Å². The smallest absolute Gasteiger partial charge is 0.321 e. The van der Waals surface area contributed by atoms with Gasteiger partial charge in [0.05, 0.1) is 18.2 Å². The number of carbonyl (C=O) groups excluding carboxylic acids is 2. The molecule has 1 saturated heterocycles. The molecule has 1 saturated carbocycles. The molecule has 2 aromatic rings. The van der Waals surface area contributed by atoms with Crippen molar-refractivity contribution >= 4 is 17.6 Å². The van der Waals surface area contributed by atoms with Gasteiger partial charge in [-0.05, 0) is 56.9 Å². The summed E-state index contributed by atoms with van der Waals surface area (Å²) in [5.74, 6) is 0.798. The van der Waals surface area contributed by atoms with Crippen LogP contribution in [-0.4, -0.2) is 40.9 Å². The van der Waals surface area contributed by atoms with Crippen molar-refractivity contribution in [3.05, 3.63) is 54.5 Å². The Balaban J connectivity index is 1.42. The Labute approximate surface area is 165 Å². The minimum absolute atomic E-state index is 0.0801. The Hall–Kier alpha value is -2.76. The molecular formula is C22H27N3O3. The summed E-state index contributed by atoms with van der Waals surface area (Å²) in [6, 6.07) is 13.3. The highest BCUT2D eigenvalue weighted by molar-refractivity contribution is 5.90. The van der Waals surface area contributed by atoms with Gasteiger partial charge in [0.25, 0.3) is 0 Å². The lowest BCUT2D eigenvalue weighted by molar-refractivity contribution is -0.140. The molecule has 2 atom stereocenters. The number of urea groups is 1. The van der Waals surface area contributed by atoms with Crippen LogP contribution in [0.5, 0.6) is 0 Å². The van der Waals surface area contributed by atoms with Gasteiger partial charge in [0.2, 0.25) is 5.91 Å². The maximum atomic E-state index is 13.4. The van der Waals surface area contributed by atoms with Gasteiger partial charge in [0, 0.05) is 24.8 Å². The molecule has 1 aromatic carbocycles. The molecule has 1 aliphatic carbocycles. The monoisotopic (exact) mass is 381 g/mol. The van der Waals surface area contributed by atoms with Crippen LogP contribution in [0.25, 0.3) is 0 Å². The lowest BCUT2D eigenvalue weighted by atomic mass is 9.95. The largest absolute Gasteiger partial charge is 0.467 e. The van der Waals surface area contributed by atoms with E-state index in [0.717, 1.165) is 37.1 Å². The Morgan fingerprint density at radius 1 is 1.14 bits per heavy atom. The van der Waals surface area contributed by atoms with Crippen molar-refractivity contribution in [1.82, 2.24) is 9.80 Å². The molecule has 2 unspecified atom stereocenters. The van der Waals surface area contributed by atoms with E-state index in [1.807, 2.05) is 54.3 Å². The Kier molecular flexibility index (Phi) is 5.37. The van der Waals surface area contributed by atoms with Gasteiger partial charge in [-0.2, -0.15) is 0 Å². The second kappa shape index (κ2) is 8.09. The van der Waals surface area contributed by atoms with Crippen LogP contribution in [0.2, 0.25) is 0 Å². The molecule has 148 valence electrons. The lowest BCUT2D eigenvalue weighted by Gasteiger charge is -2.37. The second-order valence-electron chi connectivity index (χ2n) is 7.75. The number of para-hydroxylation sites is 1. The van der Waals surface area contributed by atoms with Crippen molar-refractivity contribution in [3.8, 4) is 0 Å². The van der Waals surface area contributed by atoms with Crippen LogP contribution in [0.3, 0.4) is 0 Å². The molecule has 6 nitrogen and oxygen atoms in total. The first-order chi connectivity index (χ1) is 13.6. The Bertz CT molecular complexity index is 802. The maximum absolute atomic E-state index is 13.4. The van der Waals surface area contributed by atoms with Gasteiger partial charge in [-0.3, -0.25) is 4.79 Å². The molecule has 1 aliphatic heterocycles. The molecule has 6 heteroatoms. The standard InChI is InChI=1S/C22H27N3O3/c1-16(20-10-6-14-28-20)25(19-11-12-19)21(26)17-7-5-13-24(15-17)22(27)23-18-8-3-2-4-9-18/h2-4,6,8-10,14,16-17,19H,5,7,11-13,15H2,1H3,(H,23,27). The van der Waals surface area contributed by atoms with Gasteiger partial charge in [-0.1, -0.05) is 18.2 Å². The first-order valence-electron chi connectivity index (χ1n) is 10.1. The van der Waals surface area contributed by atoms with Gasteiger partial charge in [-0.25, -0.2) is 4.79 Å². The van der Waals surface area contributed by atoms with Crippen molar-refractivity contribution < 1.29 is 14.0 Å². The average Bonchev–Trinajstić information content (AvgIpc) is 3.40. The Morgan fingerprint density at radius 3 is 2.61 bits per heavy atom. The normalized spacial score (nSPS) is 20.5. The summed E-state index contributed by atoms with van der Waals surface area (Å²) in [6.45, 7) is 3.17. The molecule has 4 rings (SSSR count). The van der Waals surface area contributed by atoms with Crippen LogP contribution in [0.1, 0.15) is 44.4 Å². The minimum atomic E-state index is -0.159. The van der Waals surface area contributed by atoms with E-state index in [1.54, 1.807) is 11.2 Å². The summed E-state index contributed by atoms with van der Waals surface area (Å²) in [5.41, 5.74) is 0.770. The zero-order valence-electron chi connectivity index (χ0n) is 16.2. The van der Waals surface area contributed by atoms with Crippen LogP contribution in [-0.2, 0) is 4.79 Å². The number of hydrogen-bond donors (Lipinski definition) is 1. The molecule has 2 fully saturated rings. The van der Waals surface area contributed by atoms with E-state index >= 15 is 0 Å². The second-order valence-corrected chi connectivity index (χ2v) is 7.75. The van der Waals surface area contributed by atoms with Crippen molar-refractivity contribution in [2.45, 2.75) is 44.7 Å². The van der Waals surface area contributed by atoms with Crippen LogP contribution < -0.4 is 5.32 Å². The summed E-state index contributed by atoms with van der Waals surface area (Å²) in [4.78, 5) is 29.8. The number of rotatable bonds is 5. The van der Waals surface area contributed by atoms with Crippen molar-refractivity contribution in [2.24, 2.45) is 5.92 Å². The number of furan rings is 1. The predicted octanol–water partition coefficient (Wildman–Crippen LogP) is 4.28. The number of benzene rings is 1.